The minimum Gasteiger partial charge on any atom is -0.331 e. The lowest BCUT2D eigenvalue weighted by Gasteiger charge is -2.27. The number of quaternary nitrogens is 1. The second kappa shape index (κ2) is 34.3. The van der Waals surface area contributed by atoms with Gasteiger partial charge in [0.15, 0.2) is 0 Å². The first-order valence-corrected chi connectivity index (χ1v) is 20.6. The number of nitrogens with two attached hydrogens (primary N) is 1. The molecule has 0 heterocycles. The van der Waals surface area contributed by atoms with Crippen molar-refractivity contribution in [1.82, 2.24) is 0 Å². The number of hydrogen-bond donors (Lipinski definition) is 1. The Bertz CT molecular complexity index is 515. The van der Waals surface area contributed by atoms with E-state index < -0.39 is 0 Å². The Balaban J connectivity index is 0. The van der Waals surface area contributed by atoms with Gasteiger partial charge in [0, 0.05) is 5.54 Å². The molecular weight excluding hydrogens is 532 g/mol. The summed E-state index contributed by atoms with van der Waals surface area (Å²) in [4.78, 5) is 0. The van der Waals surface area contributed by atoms with Gasteiger partial charge in [0.1, 0.15) is 0 Å². The molecule has 0 radical (unpaired) electrons. The van der Waals surface area contributed by atoms with E-state index >= 15 is 0 Å². The SMILES string of the molecule is CCCCCCCCCCCCCCCCC(C)C(C)(C)N.CCCCCCCCCCCCCCCCCC[N+](C)(C)C. The second-order valence-corrected chi connectivity index (χ2v) is 16.4. The van der Waals surface area contributed by atoms with Gasteiger partial charge in [-0.3, -0.25) is 0 Å². The topological polar surface area (TPSA) is 26.0 Å². The van der Waals surface area contributed by atoms with Gasteiger partial charge in [0.25, 0.3) is 0 Å². The van der Waals surface area contributed by atoms with E-state index in [1.54, 1.807) is 0 Å². The van der Waals surface area contributed by atoms with Crippen molar-refractivity contribution in [3.05, 3.63) is 0 Å². The Morgan fingerprint density at radius 1 is 0.409 bits per heavy atom. The molecule has 0 saturated heterocycles. The minimum atomic E-state index is -0.00343. The molecule has 2 N–H and O–H groups in total. The van der Waals surface area contributed by atoms with Crippen molar-refractivity contribution in [3.8, 4) is 0 Å². The number of nitrogens with zero attached hydrogens (tertiary/aromatic N) is 1. The number of unbranched alkanes of at least 4 members (excludes halogenated alkanes) is 28. The Morgan fingerprint density at radius 3 is 0.864 bits per heavy atom. The van der Waals surface area contributed by atoms with Crippen LogP contribution in [0, 0.1) is 5.92 Å². The average Bonchev–Trinajstić information content (AvgIpc) is 2.96. The highest BCUT2D eigenvalue weighted by molar-refractivity contribution is 4.78. The van der Waals surface area contributed by atoms with Crippen molar-refractivity contribution in [2.24, 2.45) is 11.7 Å². The molecular formula is C42H91N2+. The Morgan fingerprint density at radius 2 is 0.636 bits per heavy atom. The van der Waals surface area contributed by atoms with Crippen molar-refractivity contribution >= 4 is 0 Å². The van der Waals surface area contributed by atoms with Gasteiger partial charge in [-0.05, 0) is 39.0 Å². The summed E-state index contributed by atoms with van der Waals surface area (Å²) in [5.41, 5.74) is 6.13. The highest BCUT2D eigenvalue weighted by Gasteiger charge is 2.19. The van der Waals surface area contributed by atoms with Crippen LogP contribution < -0.4 is 5.73 Å². The maximum absolute atomic E-state index is 6.13. The van der Waals surface area contributed by atoms with Crippen LogP contribution in [0.15, 0.2) is 0 Å². The van der Waals surface area contributed by atoms with Gasteiger partial charge in [0.2, 0.25) is 0 Å². The third-order valence-corrected chi connectivity index (χ3v) is 9.94. The molecule has 1 atom stereocenters. The maximum Gasteiger partial charge on any atom is 0.0780 e. The molecule has 0 aromatic heterocycles. The molecule has 0 saturated carbocycles. The lowest BCUT2D eigenvalue weighted by molar-refractivity contribution is -0.870. The molecule has 0 aromatic carbocycles. The summed E-state index contributed by atoms with van der Waals surface area (Å²) in [5, 5.41) is 0. The average molecular weight is 624 g/mol. The van der Waals surface area contributed by atoms with Crippen LogP contribution in [-0.2, 0) is 0 Å². The van der Waals surface area contributed by atoms with Crippen LogP contribution in [0.4, 0.5) is 0 Å². The summed E-state index contributed by atoms with van der Waals surface area (Å²) in [7, 11) is 6.89. The zero-order valence-corrected chi connectivity index (χ0v) is 32.7. The fourth-order valence-corrected chi connectivity index (χ4v) is 6.15. The van der Waals surface area contributed by atoms with Gasteiger partial charge in [-0.1, -0.05) is 201 Å². The number of hydrogen-bond acceptors (Lipinski definition) is 1. The molecule has 0 fully saturated rings. The molecule has 0 aliphatic rings. The molecule has 0 spiro atoms. The van der Waals surface area contributed by atoms with Crippen LogP contribution in [0.1, 0.15) is 234 Å². The first-order valence-electron chi connectivity index (χ1n) is 20.6. The molecule has 2 heteroatoms. The van der Waals surface area contributed by atoms with E-state index in [2.05, 4.69) is 55.8 Å². The molecule has 268 valence electrons. The summed E-state index contributed by atoms with van der Waals surface area (Å²) in [5.74, 6) is 0.643. The molecule has 0 aliphatic heterocycles. The van der Waals surface area contributed by atoms with Gasteiger partial charge >= 0.3 is 0 Å². The normalized spacial score (nSPS) is 12.8. The van der Waals surface area contributed by atoms with Crippen LogP contribution >= 0.6 is 0 Å². The zero-order valence-electron chi connectivity index (χ0n) is 32.7. The fourth-order valence-electron chi connectivity index (χ4n) is 6.15. The standard InChI is InChI=1S/C21H46N.C21H45N/c1-5-6-7-8-9-10-11-12-13-14-15-16-17-18-19-20-21-22(2,3)4;1-5-6-7-8-9-10-11-12-13-14-15-16-17-18-19-20(2)21(3,4)22/h5-21H2,1-4H3;20H,5-19,22H2,1-4H3/q+1;. The van der Waals surface area contributed by atoms with E-state index in [1.807, 2.05) is 0 Å². The van der Waals surface area contributed by atoms with Crippen LogP contribution in [0.3, 0.4) is 0 Å². The van der Waals surface area contributed by atoms with Gasteiger partial charge in [-0.25, -0.2) is 0 Å². The summed E-state index contributed by atoms with van der Waals surface area (Å²) in [6, 6.07) is 0. The van der Waals surface area contributed by atoms with Crippen molar-refractivity contribution < 1.29 is 4.48 Å². The van der Waals surface area contributed by atoms with E-state index in [4.69, 9.17) is 5.73 Å². The Labute approximate surface area is 282 Å². The molecule has 0 aromatic rings. The quantitative estimate of drug-likeness (QED) is 0.0571. The summed E-state index contributed by atoms with van der Waals surface area (Å²) in [6.07, 6.45) is 44.8. The monoisotopic (exact) mass is 624 g/mol. The first kappa shape index (κ1) is 46.0. The van der Waals surface area contributed by atoms with Gasteiger partial charge in [-0.2, -0.15) is 0 Å². The molecule has 0 amide bonds. The second-order valence-electron chi connectivity index (χ2n) is 16.4. The van der Waals surface area contributed by atoms with Crippen molar-refractivity contribution in [2.45, 2.75) is 239 Å². The zero-order chi connectivity index (χ0) is 33.2. The smallest absolute Gasteiger partial charge is 0.0780 e. The highest BCUT2D eigenvalue weighted by Crippen LogP contribution is 2.21. The Kier molecular flexibility index (Phi) is 35.8. The molecule has 2 nitrogen and oxygen atoms in total. The molecule has 44 heavy (non-hydrogen) atoms. The van der Waals surface area contributed by atoms with Crippen molar-refractivity contribution in [3.63, 3.8) is 0 Å². The van der Waals surface area contributed by atoms with Gasteiger partial charge in [-0.15, -0.1) is 0 Å². The lowest BCUT2D eigenvalue weighted by atomic mass is 9.86. The maximum atomic E-state index is 6.13. The van der Waals surface area contributed by atoms with Crippen LogP contribution in [0.25, 0.3) is 0 Å². The lowest BCUT2D eigenvalue weighted by Crippen LogP contribution is -2.39. The highest BCUT2D eigenvalue weighted by atomic mass is 15.3. The summed E-state index contributed by atoms with van der Waals surface area (Å²) >= 11 is 0. The van der Waals surface area contributed by atoms with Crippen LogP contribution in [0.5, 0.6) is 0 Å². The third kappa shape index (κ3) is 41.9. The first-order chi connectivity index (χ1) is 21.0. The largest absolute Gasteiger partial charge is 0.331 e. The van der Waals surface area contributed by atoms with E-state index in [9.17, 15) is 0 Å². The van der Waals surface area contributed by atoms with E-state index in [1.165, 1.54) is 206 Å². The Hall–Kier alpha value is -0.0800. The predicted molar refractivity (Wildman–Crippen MR) is 205 cm³/mol. The van der Waals surface area contributed by atoms with Crippen molar-refractivity contribution in [1.29, 1.82) is 0 Å². The third-order valence-electron chi connectivity index (χ3n) is 9.94. The minimum absolute atomic E-state index is 0.00343. The molecule has 0 aliphatic carbocycles. The van der Waals surface area contributed by atoms with Crippen molar-refractivity contribution in [2.75, 3.05) is 27.7 Å². The van der Waals surface area contributed by atoms with E-state index in [0.29, 0.717) is 5.92 Å². The van der Waals surface area contributed by atoms with Crippen LogP contribution in [-0.4, -0.2) is 37.7 Å². The van der Waals surface area contributed by atoms with Gasteiger partial charge in [0.05, 0.1) is 27.7 Å². The molecule has 1 unspecified atom stereocenters. The number of rotatable bonds is 33. The predicted octanol–water partition coefficient (Wildman–Crippen LogP) is 14.2. The molecule has 0 rings (SSSR count). The summed E-state index contributed by atoms with van der Waals surface area (Å²) in [6.45, 7) is 12.5. The fraction of sp³-hybridized carbons (Fsp3) is 1.00. The molecule has 0 bridgehead atoms. The van der Waals surface area contributed by atoms with E-state index in [0.717, 1.165) is 4.48 Å². The van der Waals surface area contributed by atoms with E-state index in [-0.39, 0.29) is 5.54 Å². The van der Waals surface area contributed by atoms with Gasteiger partial charge < -0.3 is 10.2 Å². The summed E-state index contributed by atoms with van der Waals surface area (Å²) < 4.78 is 1.12. The van der Waals surface area contributed by atoms with Crippen LogP contribution in [0.2, 0.25) is 0 Å².